The molecule has 25 heavy (non-hydrogen) atoms. The fourth-order valence-corrected chi connectivity index (χ4v) is 4.15. The van der Waals surface area contributed by atoms with Crippen molar-refractivity contribution in [1.82, 2.24) is 26.1 Å². The van der Waals surface area contributed by atoms with E-state index >= 15 is 0 Å². The highest BCUT2D eigenvalue weighted by atomic mass is 35.5. The average molecular weight is 387 g/mol. The Morgan fingerprint density at radius 2 is 2.04 bits per heavy atom. The Hall–Kier alpha value is -1.12. The monoisotopic (exact) mass is 386 g/mol. The summed E-state index contributed by atoms with van der Waals surface area (Å²) in [5.74, 6) is 1.34. The van der Waals surface area contributed by atoms with Crippen molar-refractivity contribution in [3.05, 3.63) is 23.4 Å². The smallest absolute Gasteiger partial charge is 0.241 e. The molecule has 0 aliphatic carbocycles. The molecule has 3 aliphatic heterocycles. The first-order chi connectivity index (χ1) is 11.7. The second-order valence-electron chi connectivity index (χ2n) is 6.65. The molecule has 0 aromatic carbocycles. The van der Waals surface area contributed by atoms with E-state index in [9.17, 15) is 4.79 Å². The number of halogens is 2. The highest BCUT2D eigenvalue weighted by Crippen LogP contribution is 2.25. The molecule has 3 fully saturated rings. The number of carbonyl (C=O) groups excluding carboxylic acids is 1. The molecule has 1 aromatic rings. The minimum atomic E-state index is -0.132. The number of nitrogens with zero attached hydrogens (tertiary/aromatic N) is 3. The summed E-state index contributed by atoms with van der Waals surface area (Å²) in [4.78, 5) is 21.4. The van der Waals surface area contributed by atoms with Gasteiger partial charge in [-0.25, -0.2) is 10.4 Å². The number of hydrogen-bond donors (Lipinski definition) is 3. The Morgan fingerprint density at radius 1 is 1.24 bits per heavy atom. The molecule has 1 amide bonds. The molecule has 3 unspecified atom stereocenters. The van der Waals surface area contributed by atoms with E-state index in [-0.39, 0.29) is 24.4 Å². The van der Waals surface area contributed by atoms with E-state index in [1.54, 1.807) is 6.20 Å². The van der Waals surface area contributed by atoms with Gasteiger partial charge in [0.05, 0.1) is 5.02 Å². The van der Waals surface area contributed by atoms with E-state index in [1.165, 1.54) is 0 Å². The number of rotatable bonds is 2. The lowest BCUT2D eigenvalue weighted by Gasteiger charge is -2.38. The molecule has 3 atom stereocenters. The Labute approximate surface area is 158 Å². The largest absolute Gasteiger partial charge is 0.352 e. The Balaban J connectivity index is 0.00000182. The number of carbonyl (C=O) groups is 1. The SMILES string of the molecule is Cl.O=C(C1NNC2CCNCC21)N1CCN(c2ncccc2Cl)CC1. The molecule has 3 aliphatic rings. The maximum Gasteiger partial charge on any atom is 0.241 e. The van der Waals surface area contributed by atoms with Gasteiger partial charge < -0.3 is 15.1 Å². The Kier molecular flexibility index (Phi) is 6.01. The number of hydrogen-bond acceptors (Lipinski definition) is 6. The molecular weight excluding hydrogens is 363 g/mol. The summed E-state index contributed by atoms with van der Waals surface area (Å²) >= 11 is 6.23. The van der Waals surface area contributed by atoms with Crippen molar-refractivity contribution in [2.24, 2.45) is 5.92 Å². The molecule has 4 rings (SSSR count). The lowest BCUT2D eigenvalue weighted by Crippen LogP contribution is -2.56. The number of piperazine rings is 1. The zero-order chi connectivity index (χ0) is 16.5. The van der Waals surface area contributed by atoms with Crippen LogP contribution in [0.2, 0.25) is 5.02 Å². The van der Waals surface area contributed by atoms with Crippen molar-refractivity contribution >= 4 is 35.7 Å². The van der Waals surface area contributed by atoms with Crippen molar-refractivity contribution in [3.8, 4) is 0 Å². The number of nitrogens with one attached hydrogen (secondary N) is 3. The van der Waals surface area contributed by atoms with Crippen molar-refractivity contribution in [2.45, 2.75) is 18.5 Å². The Bertz CT molecular complexity index is 610. The number of fused-ring (bicyclic) bond motifs is 1. The van der Waals surface area contributed by atoms with Crippen LogP contribution in [0, 0.1) is 5.92 Å². The van der Waals surface area contributed by atoms with Gasteiger partial charge >= 0.3 is 0 Å². The number of anilines is 1. The standard InChI is InChI=1S/C16H23ClN6O.ClH/c17-12-2-1-4-19-15(12)22-6-8-23(9-7-22)16(24)14-11-10-18-5-3-13(11)20-21-14;/h1-2,4,11,13-14,18,20-21H,3,5-10H2;1H. The van der Waals surface area contributed by atoms with E-state index in [1.807, 2.05) is 17.0 Å². The summed E-state index contributed by atoms with van der Waals surface area (Å²) in [6.07, 6.45) is 2.82. The maximum atomic E-state index is 12.9. The van der Waals surface area contributed by atoms with Crippen LogP contribution in [0.15, 0.2) is 18.3 Å². The first-order valence-electron chi connectivity index (χ1n) is 8.60. The normalized spacial score (nSPS) is 29.1. The van der Waals surface area contributed by atoms with Crippen molar-refractivity contribution in [3.63, 3.8) is 0 Å². The van der Waals surface area contributed by atoms with Gasteiger partial charge in [-0.05, 0) is 25.1 Å². The number of pyridine rings is 1. The quantitative estimate of drug-likeness (QED) is 0.676. The summed E-state index contributed by atoms with van der Waals surface area (Å²) in [5, 5.41) is 4.06. The number of piperidine rings is 1. The van der Waals surface area contributed by atoms with Crippen LogP contribution >= 0.6 is 24.0 Å². The number of aromatic nitrogens is 1. The average Bonchev–Trinajstić information content (AvgIpc) is 3.06. The van der Waals surface area contributed by atoms with Gasteiger partial charge in [0, 0.05) is 50.9 Å². The molecule has 138 valence electrons. The molecule has 0 bridgehead atoms. The summed E-state index contributed by atoms with van der Waals surface area (Å²) < 4.78 is 0. The third-order valence-corrected chi connectivity index (χ3v) is 5.57. The first kappa shape index (κ1) is 18.7. The van der Waals surface area contributed by atoms with Crippen LogP contribution in [-0.4, -0.2) is 67.1 Å². The topological polar surface area (TPSA) is 72.5 Å². The second-order valence-corrected chi connectivity index (χ2v) is 7.06. The van der Waals surface area contributed by atoms with Crippen LogP contribution in [-0.2, 0) is 4.79 Å². The van der Waals surface area contributed by atoms with Gasteiger partial charge in [0.15, 0.2) is 0 Å². The minimum Gasteiger partial charge on any atom is -0.352 e. The van der Waals surface area contributed by atoms with Gasteiger partial charge in [-0.2, -0.15) is 0 Å². The molecule has 4 heterocycles. The Morgan fingerprint density at radius 3 is 2.80 bits per heavy atom. The molecule has 7 nitrogen and oxygen atoms in total. The summed E-state index contributed by atoms with van der Waals surface area (Å²) in [7, 11) is 0. The molecule has 0 radical (unpaired) electrons. The molecule has 3 saturated heterocycles. The van der Waals surface area contributed by atoms with Crippen LogP contribution in [0.3, 0.4) is 0 Å². The predicted molar refractivity (Wildman–Crippen MR) is 100 cm³/mol. The lowest BCUT2D eigenvalue weighted by atomic mass is 9.89. The van der Waals surface area contributed by atoms with Crippen LogP contribution in [0.25, 0.3) is 0 Å². The molecule has 9 heteroatoms. The van der Waals surface area contributed by atoms with Gasteiger partial charge in [0.1, 0.15) is 11.9 Å². The summed E-state index contributed by atoms with van der Waals surface area (Å²) in [6, 6.07) is 3.95. The van der Waals surface area contributed by atoms with E-state index in [2.05, 4.69) is 26.1 Å². The van der Waals surface area contributed by atoms with Crippen LogP contribution in [0.1, 0.15) is 6.42 Å². The molecular formula is C16H24Cl2N6O. The zero-order valence-corrected chi connectivity index (χ0v) is 15.5. The van der Waals surface area contributed by atoms with E-state index in [4.69, 9.17) is 11.6 Å². The van der Waals surface area contributed by atoms with Gasteiger partial charge in [-0.3, -0.25) is 10.2 Å². The highest BCUT2D eigenvalue weighted by molar-refractivity contribution is 6.32. The van der Waals surface area contributed by atoms with Crippen LogP contribution in [0.4, 0.5) is 5.82 Å². The molecule has 0 spiro atoms. The van der Waals surface area contributed by atoms with Crippen molar-refractivity contribution in [1.29, 1.82) is 0 Å². The molecule has 1 aromatic heterocycles. The highest BCUT2D eigenvalue weighted by Gasteiger charge is 2.43. The van der Waals surface area contributed by atoms with Crippen molar-refractivity contribution in [2.75, 3.05) is 44.2 Å². The van der Waals surface area contributed by atoms with Gasteiger partial charge in [-0.15, -0.1) is 12.4 Å². The van der Waals surface area contributed by atoms with Gasteiger partial charge in [0.25, 0.3) is 0 Å². The first-order valence-corrected chi connectivity index (χ1v) is 8.98. The van der Waals surface area contributed by atoms with Gasteiger partial charge in [-0.1, -0.05) is 11.6 Å². The number of amides is 1. The maximum absolute atomic E-state index is 12.9. The third-order valence-electron chi connectivity index (χ3n) is 5.28. The number of hydrazine groups is 1. The van der Waals surface area contributed by atoms with E-state index < -0.39 is 0 Å². The molecule has 3 N–H and O–H groups in total. The third kappa shape index (κ3) is 3.71. The summed E-state index contributed by atoms with van der Waals surface area (Å²) in [5.41, 5.74) is 6.51. The van der Waals surface area contributed by atoms with Crippen LogP contribution < -0.4 is 21.1 Å². The fourth-order valence-electron chi connectivity index (χ4n) is 3.91. The van der Waals surface area contributed by atoms with E-state index in [0.29, 0.717) is 30.1 Å². The minimum absolute atomic E-state index is 0. The van der Waals surface area contributed by atoms with Gasteiger partial charge in [0.2, 0.25) is 5.91 Å². The zero-order valence-electron chi connectivity index (χ0n) is 13.9. The summed E-state index contributed by atoms with van der Waals surface area (Å²) in [6.45, 7) is 4.83. The van der Waals surface area contributed by atoms with Crippen molar-refractivity contribution < 1.29 is 4.79 Å². The predicted octanol–water partition coefficient (Wildman–Crippen LogP) is 0.260. The second kappa shape index (κ2) is 8.05. The van der Waals surface area contributed by atoms with Crippen LogP contribution in [0.5, 0.6) is 0 Å². The molecule has 0 saturated carbocycles. The fraction of sp³-hybridized carbons (Fsp3) is 0.625. The lowest BCUT2D eigenvalue weighted by molar-refractivity contribution is -0.134. The van der Waals surface area contributed by atoms with E-state index in [0.717, 1.165) is 38.4 Å².